The first kappa shape index (κ1) is 17.5. The zero-order valence-electron chi connectivity index (χ0n) is 14.6. The highest BCUT2D eigenvalue weighted by Gasteiger charge is 2.26. The van der Waals surface area contributed by atoms with E-state index >= 15 is 0 Å². The van der Waals surface area contributed by atoms with E-state index in [4.69, 9.17) is 0 Å². The zero-order valence-corrected chi connectivity index (χ0v) is 15.4. The van der Waals surface area contributed by atoms with E-state index in [1.165, 1.54) is 0 Å². The summed E-state index contributed by atoms with van der Waals surface area (Å²) in [6.07, 6.45) is 3.28. The average Bonchev–Trinajstić information content (AvgIpc) is 3.17. The topological polar surface area (TPSA) is 102 Å². The number of carbonyl (C=O) groups is 2. The van der Waals surface area contributed by atoms with Crippen molar-refractivity contribution in [1.82, 2.24) is 30.0 Å². The molecule has 0 saturated heterocycles. The van der Waals surface area contributed by atoms with Crippen LogP contribution in [0.3, 0.4) is 0 Å². The lowest BCUT2D eigenvalue weighted by molar-refractivity contribution is 0.0931. The predicted octanol–water partition coefficient (Wildman–Crippen LogP) is 1.17. The zero-order chi connectivity index (χ0) is 18.0. The van der Waals surface area contributed by atoms with Crippen molar-refractivity contribution in [3.63, 3.8) is 0 Å². The summed E-state index contributed by atoms with van der Waals surface area (Å²) < 4.78 is 5.68. The predicted molar refractivity (Wildman–Crippen MR) is 93.6 cm³/mol. The summed E-state index contributed by atoms with van der Waals surface area (Å²) in [4.78, 5) is 25.1. The molecule has 8 nitrogen and oxygen atoms in total. The molecule has 3 rings (SSSR count). The van der Waals surface area contributed by atoms with Crippen LogP contribution in [0, 0.1) is 12.8 Å². The summed E-state index contributed by atoms with van der Waals surface area (Å²) in [7, 11) is 0. The molecule has 2 aromatic rings. The van der Waals surface area contributed by atoms with Crippen LogP contribution >= 0.6 is 11.5 Å². The summed E-state index contributed by atoms with van der Waals surface area (Å²) in [5, 5.41) is 14.1. The first-order valence-electron chi connectivity index (χ1n) is 8.38. The largest absolute Gasteiger partial charge is 0.351 e. The lowest BCUT2D eigenvalue weighted by Gasteiger charge is -2.24. The van der Waals surface area contributed by atoms with Crippen LogP contribution in [0.1, 0.15) is 51.7 Å². The Bertz CT molecular complexity index is 781. The van der Waals surface area contributed by atoms with Gasteiger partial charge in [-0.15, -0.1) is 5.10 Å². The number of nitrogens with one attached hydrogen (secondary N) is 2. The van der Waals surface area contributed by atoms with Crippen molar-refractivity contribution in [1.29, 1.82) is 0 Å². The molecule has 0 fully saturated rings. The molecular formula is C16H22N6O2S. The van der Waals surface area contributed by atoms with Gasteiger partial charge in [0.05, 0.1) is 23.1 Å². The van der Waals surface area contributed by atoms with Crippen molar-refractivity contribution in [3.8, 4) is 0 Å². The maximum absolute atomic E-state index is 12.3. The van der Waals surface area contributed by atoms with Crippen LogP contribution in [0.4, 0.5) is 0 Å². The molecule has 25 heavy (non-hydrogen) atoms. The fraction of sp³-hybridized carbons (Fsp3) is 0.562. The van der Waals surface area contributed by atoms with Crippen LogP contribution in [0.2, 0.25) is 0 Å². The second-order valence-electron chi connectivity index (χ2n) is 6.61. The Morgan fingerprint density at radius 3 is 2.88 bits per heavy atom. The molecule has 1 atom stereocenters. The van der Waals surface area contributed by atoms with Crippen LogP contribution in [0.5, 0.6) is 0 Å². The molecule has 2 amide bonds. The third-order valence-corrected chi connectivity index (χ3v) is 5.08. The Hall–Kier alpha value is -2.29. The van der Waals surface area contributed by atoms with Crippen molar-refractivity contribution in [2.45, 2.75) is 46.2 Å². The molecule has 0 spiro atoms. The molecule has 0 radical (unpaired) electrons. The fourth-order valence-corrected chi connectivity index (χ4v) is 3.53. The molecule has 134 valence electrons. The van der Waals surface area contributed by atoms with Gasteiger partial charge in [0.1, 0.15) is 4.88 Å². The molecule has 2 aromatic heterocycles. The number of nitrogens with zero attached hydrogens (tertiary/aromatic N) is 4. The number of carbonyl (C=O) groups excluding carboxylic acids is 2. The highest BCUT2D eigenvalue weighted by molar-refractivity contribution is 7.07. The van der Waals surface area contributed by atoms with Crippen LogP contribution in [-0.2, 0) is 13.0 Å². The van der Waals surface area contributed by atoms with E-state index in [9.17, 15) is 9.59 Å². The summed E-state index contributed by atoms with van der Waals surface area (Å²) in [6, 6.07) is 0.0815. The van der Waals surface area contributed by atoms with Gasteiger partial charge in [0, 0.05) is 19.1 Å². The minimum absolute atomic E-state index is 0.0815. The minimum atomic E-state index is -0.135. The summed E-state index contributed by atoms with van der Waals surface area (Å²) in [5.41, 5.74) is 2.23. The first-order chi connectivity index (χ1) is 12.0. The Balaban J connectivity index is 1.63. The molecular weight excluding hydrogens is 340 g/mol. The Morgan fingerprint density at radius 2 is 2.20 bits per heavy atom. The molecule has 0 saturated carbocycles. The number of rotatable bonds is 5. The van der Waals surface area contributed by atoms with Crippen molar-refractivity contribution in [2.75, 3.05) is 6.54 Å². The Kier molecular flexibility index (Phi) is 5.12. The third kappa shape index (κ3) is 3.87. The van der Waals surface area contributed by atoms with Crippen LogP contribution < -0.4 is 10.6 Å². The molecule has 9 heteroatoms. The van der Waals surface area contributed by atoms with Crippen molar-refractivity contribution in [3.05, 3.63) is 28.0 Å². The van der Waals surface area contributed by atoms with Crippen molar-refractivity contribution < 1.29 is 9.59 Å². The number of aromatic nitrogens is 4. The summed E-state index contributed by atoms with van der Waals surface area (Å²) in [5.74, 6) is 0.0524. The molecule has 0 aliphatic carbocycles. The van der Waals surface area contributed by atoms with E-state index in [0.29, 0.717) is 22.7 Å². The van der Waals surface area contributed by atoms with E-state index in [-0.39, 0.29) is 23.8 Å². The highest BCUT2D eigenvalue weighted by atomic mass is 32.1. The summed E-state index contributed by atoms with van der Waals surface area (Å²) in [6.45, 7) is 6.96. The van der Waals surface area contributed by atoms with Gasteiger partial charge in [0.2, 0.25) is 0 Å². The van der Waals surface area contributed by atoms with Gasteiger partial charge in [-0.3, -0.25) is 14.3 Å². The fourth-order valence-electron chi connectivity index (χ4n) is 2.96. The van der Waals surface area contributed by atoms with Gasteiger partial charge in [0.25, 0.3) is 11.8 Å². The second-order valence-corrected chi connectivity index (χ2v) is 7.37. The minimum Gasteiger partial charge on any atom is -0.351 e. The van der Waals surface area contributed by atoms with E-state index in [0.717, 1.165) is 36.6 Å². The van der Waals surface area contributed by atoms with Crippen LogP contribution in [0.25, 0.3) is 0 Å². The van der Waals surface area contributed by atoms with E-state index in [1.54, 1.807) is 13.1 Å². The van der Waals surface area contributed by atoms with Crippen LogP contribution in [0.15, 0.2) is 6.20 Å². The molecule has 0 unspecified atom stereocenters. The van der Waals surface area contributed by atoms with Gasteiger partial charge in [-0.1, -0.05) is 4.49 Å². The van der Waals surface area contributed by atoms with E-state index in [2.05, 4.69) is 25.3 Å². The lowest BCUT2D eigenvalue weighted by atomic mass is 9.94. The number of hydrogen-bond acceptors (Lipinski definition) is 6. The molecule has 1 aliphatic rings. The Labute approximate surface area is 150 Å². The molecule has 3 heterocycles. The molecule has 0 aromatic carbocycles. The third-order valence-electron chi connectivity index (χ3n) is 4.25. The quantitative estimate of drug-likeness (QED) is 0.831. The van der Waals surface area contributed by atoms with Gasteiger partial charge >= 0.3 is 0 Å². The molecule has 0 bridgehead atoms. The highest BCUT2D eigenvalue weighted by Crippen LogP contribution is 2.23. The van der Waals surface area contributed by atoms with E-state index in [1.807, 2.05) is 18.5 Å². The van der Waals surface area contributed by atoms with E-state index < -0.39 is 0 Å². The number of hydrogen-bond donors (Lipinski definition) is 2. The monoisotopic (exact) mass is 362 g/mol. The molecule has 1 aliphatic heterocycles. The first-order valence-corrected chi connectivity index (χ1v) is 9.15. The van der Waals surface area contributed by atoms with Gasteiger partial charge < -0.3 is 10.6 Å². The maximum Gasteiger partial charge on any atom is 0.264 e. The second kappa shape index (κ2) is 7.30. The number of amides is 2. The van der Waals surface area contributed by atoms with Gasteiger partial charge in [-0.25, -0.2) is 0 Å². The van der Waals surface area contributed by atoms with Crippen molar-refractivity contribution in [2.24, 2.45) is 5.92 Å². The molecule has 2 N–H and O–H groups in total. The maximum atomic E-state index is 12.3. The van der Waals surface area contributed by atoms with Gasteiger partial charge in [-0.2, -0.15) is 5.10 Å². The number of aryl methyl sites for hydroxylation is 2. The average molecular weight is 362 g/mol. The number of fused-ring (bicyclic) bond motifs is 1. The smallest absolute Gasteiger partial charge is 0.264 e. The Morgan fingerprint density at radius 1 is 1.40 bits per heavy atom. The van der Waals surface area contributed by atoms with Crippen LogP contribution in [-0.4, -0.2) is 43.8 Å². The summed E-state index contributed by atoms with van der Waals surface area (Å²) >= 11 is 1.11. The SMILES string of the molecule is Cc1nnsc1C(=O)NC[C@H]1CCn2ncc(C(=O)NC(C)C)c2C1. The normalized spacial score (nSPS) is 16.6. The van der Waals surface area contributed by atoms with Crippen molar-refractivity contribution >= 4 is 23.3 Å². The van der Waals surface area contributed by atoms with Gasteiger partial charge in [-0.05, 0) is 51.1 Å². The van der Waals surface area contributed by atoms with Gasteiger partial charge in [0.15, 0.2) is 0 Å². The lowest BCUT2D eigenvalue weighted by Crippen LogP contribution is -2.35. The standard InChI is InChI=1S/C16H22N6O2S/c1-9(2)19-15(23)12-8-18-22-5-4-11(6-13(12)22)7-17-16(24)14-10(3)20-21-25-14/h8-9,11H,4-7H2,1-3H3,(H,17,24)(H,19,23)/t11-/m0/s1.